The molecule has 114 valence electrons. The van der Waals surface area contributed by atoms with Gasteiger partial charge in [0.25, 0.3) is 10.2 Å². The molecule has 2 aliphatic heterocycles. The van der Waals surface area contributed by atoms with Crippen LogP contribution in [0.3, 0.4) is 0 Å². The van der Waals surface area contributed by atoms with E-state index in [9.17, 15) is 8.42 Å². The summed E-state index contributed by atoms with van der Waals surface area (Å²) in [4.78, 5) is 2.41. The summed E-state index contributed by atoms with van der Waals surface area (Å²) in [6, 6.07) is 0.394. The maximum atomic E-state index is 12.0. The molecule has 2 rings (SSSR count). The summed E-state index contributed by atoms with van der Waals surface area (Å²) in [6.45, 7) is 7.86. The van der Waals surface area contributed by atoms with Crippen molar-refractivity contribution in [3.63, 3.8) is 0 Å². The molecule has 1 atom stereocenters. The van der Waals surface area contributed by atoms with E-state index in [0.29, 0.717) is 25.7 Å². The first-order valence-corrected chi connectivity index (χ1v) is 8.27. The van der Waals surface area contributed by atoms with E-state index in [-0.39, 0.29) is 12.4 Å². The predicted octanol–water partition coefficient (Wildman–Crippen LogP) is -0.368. The Hall–Kier alpha value is 0.0800. The van der Waals surface area contributed by atoms with Crippen molar-refractivity contribution in [3.05, 3.63) is 0 Å². The van der Waals surface area contributed by atoms with Crippen LogP contribution in [-0.2, 0) is 10.2 Å². The molecule has 2 saturated heterocycles. The van der Waals surface area contributed by atoms with Crippen LogP contribution < -0.4 is 10.0 Å². The first-order valence-electron chi connectivity index (χ1n) is 6.83. The molecule has 2 N–H and O–H groups in total. The third kappa shape index (κ3) is 4.54. The number of hydrogen-bond acceptors (Lipinski definition) is 4. The van der Waals surface area contributed by atoms with E-state index in [0.717, 1.165) is 39.0 Å². The molecule has 6 nitrogen and oxygen atoms in total. The molecule has 0 aromatic rings. The van der Waals surface area contributed by atoms with Crippen molar-refractivity contribution in [2.45, 2.75) is 25.8 Å². The van der Waals surface area contributed by atoms with Crippen molar-refractivity contribution in [2.24, 2.45) is 0 Å². The quantitative estimate of drug-likeness (QED) is 0.727. The Labute approximate surface area is 122 Å². The third-order valence-electron chi connectivity index (χ3n) is 3.67. The van der Waals surface area contributed by atoms with E-state index in [1.165, 1.54) is 0 Å². The van der Waals surface area contributed by atoms with Gasteiger partial charge in [0.15, 0.2) is 0 Å². The molecule has 2 heterocycles. The smallest absolute Gasteiger partial charge is 0.279 e. The Bertz CT molecular complexity index is 360. The Balaban J connectivity index is 0.00000180. The van der Waals surface area contributed by atoms with Gasteiger partial charge >= 0.3 is 0 Å². The third-order valence-corrected chi connectivity index (χ3v) is 5.25. The largest absolute Gasteiger partial charge is 0.314 e. The lowest BCUT2D eigenvalue weighted by Crippen LogP contribution is -2.50. The minimum atomic E-state index is -3.25. The van der Waals surface area contributed by atoms with Crippen molar-refractivity contribution in [1.82, 2.24) is 19.2 Å². The van der Waals surface area contributed by atoms with Gasteiger partial charge in [-0.2, -0.15) is 12.7 Å². The first kappa shape index (κ1) is 17.1. The summed E-state index contributed by atoms with van der Waals surface area (Å²) >= 11 is 0. The molecule has 2 aliphatic rings. The number of nitrogens with zero attached hydrogens (tertiary/aromatic N) is 2. The van der Waals surface area contributed by atoms with Gasteiger partial charge in [0, 0.05) is 51.9 Å². The lowest BCUT2D eigenvalue weighted by molar-refractivity contribution is 0.179. The van der Waals surface area contributed by atoms with Gasteiger partial charge in [-0.25, -0.2) is 4.72 Å². The van der Waals surface area contributed by atoms with E-state index in [4.69, 9.17) is 0 Å². The molecule has 0 radical (unpaired) electrons. The Morgan fingerprint density at radius 2 is 1.95 bits per heavy atom. The molecule has 0 spiro atoms. The van der Waals surface area contributed by atoms with Crippen LogP contribution in [-0.4, -0.2) is 69.5 Å². The topological polar surface area (TPSA) is 64.7 Å². The first-order chi connectivity index (χ1) is 8.63. The van der Waals surface area contributed by atoms with Crippen molar-refractivity contribution < 1.29 is 8.42 Å². The summed E-state index contributed by atoms with van der Waals surface area (Å²) in [6.07, 6.45) is 1.78. The normalized spacial score (nSPS) is 26.3. The maximum absolute atomic E-state index is 12.0. The molecule has 0 aliphatic carbocycles. The average Bonchev–Trinajstić information content (AvgIpc) is 2.88. The number of piperazine rings is 1. The minimum Gasteiger partial charge on any atom is -0.314 e. The highest BCUT2D eigenvalue weighted by molar-refractivity contribution is 7.87. The van der Waals surface area contributed by atoms with Crippen molar-refractivity contribution in [1.29, 1.82) is 0 Å². The van der Waals surface area contributed by atoms with Gasteiger partial charge < -0.3 is 5.32 Å². The molecular formula is C11H25ClN4O2S. The van der Waals surface area contributed by atoms with E-state index >= 15 is 0 Å². The van der Waals surface area contributed by atoms with Crippen LogP contribution >= 0.6 is 12.4 Å². The maximum Gasteiger partial charge on any atom is 0.279 e. The van der Waals surface area contributed by atoms with Crippen LogP contribution in [0.25, 0.3) is 0 Å². The van der Waals surface area contributed by atoms with Crippen molar-refractivity contribution in [3.8, 4) is 0 Å². The zero-order chi connectivity index (χ0) is 13.0. The SMILES string of the molecule is CCCNS(=O)(=O)N1CCC(N2CCNCC2)C1.Cl. The molecule has 0 amide bonds. The fourth-order valence-corrected chi connectivity index (χ4v) is 3.96. The molecule has 8 heteroatoms. The summed E-state index contributed by atoms with van der Waals surface area (Å²) in [5, 5.41) is 3.32. The molecule has 0 aromatic carbocycles. The van der Waals surface area contributed by atoms with E-state index in [2.05, 4.69) is 14.9 Å². The highest BCUT2D eigenvalue weighted by atomic mass is 35.5. The van der Waals surface area contributed by atoms with Gasteiger partial charge in [-0.1, -0.05) is 6.92 Å². The van der Waals surface area contributed by atoms with E-state index in [1.54, 1.807) is 4.31 Å². The highest BCUT2D eigenvalue weighted by Gasteiger charge is 2.34. The lowest BCUT2D eigenvalue weighted by Gasteiger charge is -2.32. The monoisotopic (exact) mass is 312 g/mol. The summed E-state index contributed by atoms with van der Waals surface area (Å²) in [7, 11) is -3.25. The molecule has 1 unspecified atom stereocenters. The zero-order valence-corrected chi connectivity index (χ0v) is 13.1. The van der Waals surface area contributed by atoms with Crippen LogP contribution in [0, 0.1) is 0 Å². The second kappa shape index (κ2) is 7.75. The van der Waals surface area contributed by atoms with Crippen LogP contribution in [0.1, 0.15) is 19.8 Å². The van der Waals surface area contributed by atoms with Crippen LogP contribution in [0.15, 0.2) is 0 Å². The Morgan fingerprint density at radius 1 is 1.26 bits per heavy atom. The molecule has 0 saturated carbocycles. The fraction of sp³-hybridized carbons (Fsp3) is 1.00. The van der Waals surface area contributed by atoms with Crippen LogP contribution in [0.5, 0.6) is 0 Å². The van der Waals surface area contributed by atoms with Gasteiger partial charge in [-0.15, -0.1) is 12.4 Å². The minimum absolute atomic E-state index is 0. The van der Waals surface area contributed by atoms with Gasteiger partial charge in [-0.3, -0.25) is 4.90 Å². The standard InChI is InChI=1S/C11H24N4O2S.ClH/c1-2-4-13-18(16,17)15-7-3-11(10-15)14-8-5-12-6-9-14;/h11-13H,2-10H2,1H3;1H. The number of rotatable bonds is 5. The van der Waals surface area contributed by atoms with Crippen LogP contribution in [0.4, 0.5) is 0 Å². The molecule has 0 aromatic heterocycles. The van der Waals surface area contributed by atoms with Crippen molar-refractivity contribution >= 4 is 22.6 Å². The van der Waals surface area contributed by atoms with Crippen LogP contribution in [0.2, 0.25) is 0 Å². The zero-order valence-electron chi connectivity index (χ0n) is 11.5. The van der Waals surface area contributed by atoms with E-state index < -0.39 is 10.2 Å². The van der Waals surface area contributed by atoms with Gasteiger partial charge in [0.05, 0.1) is 0 Å². The van der Waals surface area contributed by atoms with Gasteiger partial charge in [0.1, 0.15) is 0 Å². The lowest BCUT2D eigenvalue weighted by atomic mass is 10.2. The number of hydrogen-bond donors (Lipinski definition) is 2. The molecule has 0 bridgehead atoms. The van der Waals surface area contributed by atoms with Gasteiger partial charge in [-0.05, 0) is 12.8 Å². The average molecular weight is 313 g/mol. The molecular weight excluding hydrogens is 288 g/mol. The summed E-state index contributed by atoms with van der Waals surface area (Å²) < 4.78 is 28.2. The second-order valence-electron chi connectivity index (χ2n) is 4.99. The number of nitrogens with one attached hydrogen (secondary N) is 2. The Kier molecular flexibility index (Phi) is 6.99. The Morgan fingerprint density at radius 3 is 2.58 bits per heavy atom. The highest BCUT2D eigenvalue weighted by Crippen LogP contribution is 2.18. The summed E-state index contributed by atoms with van der Waals surface area (Å²) in [5.41, 5.74) is 0. The molecule has 2 fully saturated rings. The van der Waals surface area contributed by atoms with E-state index in [1.807, 2.05) is 6.92 Å². The van der Waals surface area contributed by atoms with Gasteiger partial charge in [0.2, 0.25) is 0 Å². The second-order valence-corrected chi connectivity index (χ2v) is 6.74. The number of halogens is 1. The van der Waals surface area contributed by atoms with Crippen molar-refractivity contribution in [2.75, 3.05) is 45.8 Å². The fourth-order valence-electron chi connectivity index (χ4n) is 2.60. The predicted molar refractivity (Wildman–Crippen MR) is 78.9 cm³/mol. The summed E-state index contributed by atoms with van der Waals surface area (Å²) in [5.74, 6) is 0. The molecule has 19 heavy (non-hydrogen) atoms.